The van der Waals surface area contributed by atoms with E-state index in [1.807, 2.05) is 45.2 Å². The van der Waals surface area contributed by atoms with Gasteiger partial charge in [0, 0.05) is 32.6 Å². The molecule has 0 bridgehead atoms. The number of carbonyl (C=O) groups is 1. The molecule has 0 spiro atoms. The van der Waals surface area contributed by atoms with Crippen LogP contribution in [0.1, 0.15) is 34.2 Å². The van der Waals surface area contributed by atoms with Gasteiger partial charge in [-0.05, 0) is 78.8 Å². The molecular weight excluding hydrogens is 392 g/mol. The monoisotopic (exact) mass is 420 g/mol. The van der Waals surface area contributed by atoms with Crippen molar-refractivity contribution in [3.05, 3.63) is 50.7 Å². The zero-order chi connectivity index (χ0) is 20.5. The summed E-state index contributed by atoms with van der Waals surface area (Å²) in [4.78, 5) is 14.7. The van der Waals surface area contributed by atoms with E-state index in [4.69, 9.17) is 0 Å². The van der Waals surface area contributed by atoms with Gasteiger partial charge in [0.25, 0.3) is 0 Å². The molecule has 0 radical (unpaired) electrons. The summed E-state index contributed by atoms with van der Waals surface area (Å²) in [6.07, 6.45) is 1.21. The molecule has 0 saturated carbocycles. The van der Waals surface area contributed by atoms with Crippen molar-refractivity contribution in [3.8, 4) is 0 Å². The summed E-state index contributed by atoms with van der Waals surface area (Å²) >= 11 is 1.63. The molecule has 2 aromatic rings. The molecule has 1 fully saturated rings. The molecule has 1 aliphatic rings. The van der Waals surface area contributed by atoms with Gasteiger partial charge in [-0.3, -0.25) is 4.79 Å². The quantitative estimate of drug-likeness (QED) is 0.744. The number of aryl methyl sites for hydroxylation is 3. The summed E-state index contributed by atoms with van der Waals surface area (Å²) in [6, 6.07) is 4.07. The maximum Gasteiger partial charge on any atom is 0.243 e. The van der Waals surface area contributed by atoms with Crippen LogP contribution in [0.15, 0.2) is 27.8 Å². The Bertz CT molecular complexity index is 932. The van der Waals surface area contributed by atoms with Crippen molar-refractivity contribution >= 4 is 27.3 Å². The van der Waals surface area contributed by atoms with Crippen LogP contribution in [0.3, 0.4) is 0 Å². The van der Waals surface area contributed by atoms with Crippen LogP contribution < -0.4 is 0 Å². The summed E-state index contributed by atoms with van der Waals surface area (Å²) in [7, 11) is -3.57. The molecule has 5 nitrogen and oxygen atoms in total. The van der Waals surface area contributed by atoms with Crippen molar-refractivity contribution < 1.29 is 13.2 Å². The lowest BCUT2D eigenvalue weighted by molar-refractivity contribution is -0.132. The van der Waals surface area contributed by atoms with Gasteiger partial charge in [-0.25, -0.2) is 8.42 Å². The van der Waals surface area contributed by atoms with Crippen LogP contribution in [0.5, 0.6) is 0 Å². The standard InChI is InChI=1S/C21H28N2O3S2/c1-15-13-16(2)18(4)21(17(15)3)28(25,26)23-10-8-22(9-11-23)20(24)6-5-19-7-12-27-14-19/h7,12-14H,5-6,8-11H2,1-4H3. The third-order valence-electron chi connectivity index (χ3n) is 5.69. The van der Waals surface area contributed by atoms with E-state index in [0.717, 1.165) is 28.7 Å². The van der Waals surface area contributed by atoms with E-state index < -0.39 is 10.0 Å². The van der Waals surface area contributed by atoms with Gasteiger partial charge >= 0.3 is 0 Å². The fourth-order valence-corrected chi connectivity index (χ4v) is 6.42. The fraction of sp³-hybridized carbons (Fsp3) is 0.476. The predicted octanol–water partition coefficient (Wildman–Crippen LogP) is 3.45. The Labute approximate surface area is 172 Å². The topological polar surface area (TPSA) is 57.7 Å². The highest BCUT2D eigenvalue weighted by molar-refractivity contribution is 7.89. The number of nitrogens with zero attached hydrogens (tertiary/aromatic N) is 2. The van der Waals surface area contributed by atoms with Crippen LogP contribution in [-0.4, -0.2) is 49.7 Å². The Kier molecular flexibility index (Phi) is 6.27. The number of sulfonamides is 1. The fourth-order valence-electron chi connectivity index (χ4n) is 3.72. The third-order valence-corrected chi connectivity index (χ3v) is 8.60. The van der Waals surface area contributed by atoms with Crippen LogP contribution in [-0.2, 0) is 21.2 Å². The number of benzene rings is 1. The van der Waals surface area contributed by atoms with Gasteiger partial charge in [0.2, 0.25) is 15.9 Å². The SMILES string of the molecule is Cc1cc(C)c(C)c(S(=O)(=O)N2CCN(C(=O)CCc3ccsc3)CC2)c1C. The lowest BCUT2D eigenvalue weighted by atomic mass is 10.0. The van der Waals surface area contributed by atoms with Crippen molar-refractivity contribution in [2.45, 2.75) is 45.4 Å². The van der Waals surface area contributed by atoms with Crippen LogP contribution in [0.2, 0.25) is 0 Å². The summed E-state index contributed by atoms with van der Waals surface area (Å²) in [5, 5.41) is 4.08. The van der Waals surface area contributed by atoms with Gasteiger partial charge in [-0.15, -0.1) is 0 Å². The van der Waals surface area contributed by atoms with Gasteiger partial charge in [0.05, 0.1) is 4.90 Å². The number of amides is 1. The van der Waals surface area contributed by atoms with E-state index >= 15 is 0 Å². The van der Waals surface area contributed by atoms with Gasteiger partial charge in [-0.1, -0.05) is 6.07 Å². The number of piperazine rings is 1. The summed E-state index contributed by atoms with van der Waals surface area (Å²) in [5.74, 6) is 0.0991. The second-order valence-electron chi connectivity index (χ2n) is 7.51. The van der Waals surface area contributed by atoms with Gasteiger partial charge in [0.1, 0.15) is 0 Å². The van der Waals surface area contributed by atoms with Crippen LogP contribution in [0.25, 0.3) is 0 Å². The van der Waals surface area contributed by atoms with Crippen molar-refractivity contribution in [1.29, 1.82) is 0 Å². The number of hydrogen-bond donors (Lipinski definition) is 0. The van der Waals surface area contributed by atoms with Crippen LogP contribution in [0, 0.1) is 27.7 Å². The smallest absolute Gasteiger partial charge is 0.243 e. The van der Waals surface area contributed by atoms with Crippen molar-refractivity contribution in [2.24, 2.45) is 0 Å². The van der Waals surface area contributed by atoms with Crippen molar-refractivity contribution in [2.75, 3.05) is 26.2 Å². The first kappa shape index (κ1) is 21.0. The summed E-state index contributed by atoms with van der Waals surface area (Å²) in [6.45, 7) is 9.24. The molecule has 0 aliphatic carbocycles. The lowest BCUT2D eigenvalue weighted by Gasteiger charge is -2.35. The highest BCUT2D eigenvalue weighted by Crippen LogP contribution is 2.29. The van der Waals surface area contributed by atoms with E-state index in [9.17, 15) is 13.2 Å². The molecule has 7 heteroatoms. The molecule has 3 rings (SSSR count). The zero-order valence-electron chi connectivity index (χ0n) is 17.0. The average Bonchev–Trinajstić information content (AvgIpc) is 3.18. The lowest BCUT2D eigenvalue weighted by Crippen LogP contribution is -2.50. The first-order chi connectivity index (χ1) is 13.2. The normalized spacial score (nSPS) is 15.8. The van der Waals surface area contributed by atoms with Crippen LogP contribution in [0.4, 0.5) is 0 Å². The summed E-state index contributed by atoms with van der Waals surface area (Å²) in [5.41, 5.74) is 4.79. The highest BCUT2D eigenvalue weighted by Gasteiger charge is 2.32. The molecule has 2 heterocycles. The zero-order valence-corrected chi connectivity index (χ0v) is 18.6. The first-order valence-corrected chi connectivity index (χ1v) is 12.0. The maximum absolute atomic E-state index is 13.3. The van der Waals surface area contributed by atoms with Gasteiger partial charge < -0.3 is 4.90 Å². The van der Waals surface area contributed by atoms with Crippen molar-refractivity contribution in [1.82, 2.24) is 9.21 Å². The third kappa shape index (κ3) is 4.16. The molecule has 152 valence electrons. The summed E-state index contributed by atoms with van der Waals surface area (Å²) < 4.78 is 28.2. The minimum atomic E-state index is -3.57. The number of hydrogen-bond acceptors (Lipinski definition) is 4. The van der Waals surface area contributed by atoms with E-state index in [0.29, 0.717) is 37.5 Å². The minimum absolute atomic E-state index is 0.0991. The molecule has 1 aromatic carbocycles. The van der Waals surface area contributed by atoms with Gasteiger partial charge in [0.15, 0.2) is 0 Å². The maximum atomic E-state index is 13.3. The number of carbonyl (C=O) groups excluding carboxylic acids is 1. The molecule has 0 unspecified atom stereocenters. The first-order valence-electron chi connectivity index (χ1n) is 9.58. The predicted molar refractivity (Wildman–Crippen MR) is 113 cm³/mol. The average molecular weight is 421 g/mol. The van der Waals surface area contributed by atoms with E-state index in [1.54, 1.807) is 16.2 Å². The Hall–Kier alpha value is -1.70. The van der Waals surface area contributed by atoms with Gasteiger partial charge in [-0.2, -0.15) is 15.6 Å². The second kappa shape index (κ2) is 8.35. The van der Waals surface area contributed by atoms with Crippen molar-refractivity contribution in [3.63, 3.8) is 0 Å². The number of rotatable bonds is 5. The van der Waals surface area contributed by atoms with E-state index in [2.05, 4.69) is 5.38 Å². The second-order valence-corrected chi connectivity index (χ2v) is 10.2. The largest absolute Gasteiger partial charge is 0.340 e. The van der Waals surface area contributed by atoms with E-state index in [-0.39, 0.29) is 5.91 Å². The minimum Gasteiger partial charge on any atom is -0.340 e. The van der Waals surface area contributed by atoms with E-state index in [1.165, 1.54) is 9.87 Å². The van der Waals surface area contributed by atoms with Crippen LogP contribution >= 0.6 is 11.3 Å². The molecular formula is C21H28N2O3S2. The molecule has 0 atom stereocenters. The molecule has 1 saturated heterocycles. The molecule has 1 amide bonds. The highest BCUT2D eigenvalue weighted by atomic mass is 32.2. The number of thiophene rings is 1. The Balaban J connectivity index is 1.68. The molecule has 1 aliphatic heterocycles. The molecule has 28 heavy (non-hydrogen) atoms. The molecule has 1 aromatic heterocycles. The Morgan fingerprint density at radius 2 is 1.64 bits per heavy atom. The Morgan fingerprint density at radius 3 is 2.18 bits per heavy atom. The molecule has 0 N–H and O–H groups in total. The Morgan fingerprint density at radius 1 is 1.04 bits per heavy atom.